The molecular formula is C16H22O4. The van der Waals surface area contributed by atoms with Gasteiger partial charge in [-0.15, -0.1) is 0 Å². The SMILES string of the molecule is CCOC(=O)CC(CC(=O)OCC)Cc1ccccc1. The molecule has 0 aliphatic heterocycles. The topological polar surface area (TPSA) is 52.6 Å². The molecule has 0 saturated heterocycles. The van der Waals surface area contributed by atoms with Crippen molar-refractivity contribution in [3.8, 4) is 0 Å². The molecule has 0 aliphatic rings. The first-order chi connectivity index (χ1) is 9.65. The van der Waals surface area contributed by atoms with Crippen molar-refractivity contribution in [2.24, 2.45) is 5.92 Å². The largest absolute Gasteiger partial charge is 0.466 e. The highest BCUT2D eigenvalue weighted by Crippen LogP contribution is 2.17. The summed E-state index contributed by atoms with van der Waals surface area (Å²) in [5.41, 5.74) is 1.10. The average Bonchev–Trinajstić information content (AvgIpc) is 2.40. The van der Waals surface area contributed by atoms with Crippen LogP contribution in [0, 0.1) is 5.92 Å². The first kappa shape index (κ1) is 16.2. The van der Waals surface area contributed by atoms with E-state index >= 15 is 0 Å². The lowest BCUT2D eigenvalue weighted by molar-refractivity contribution is -0.146. The molecule has 1 aromatic rings. The number of rotatable bonds is 8. The van der Waals surface area contributed by atoms with E-state index in [1.165, 1.54) is 0 Å². The van der Waals surface area contributed by atoms with Crippen LogP contribution in [0.2, 0.25) is 0 Å². The number of ether oxygens (including phenoxy) is 2. The maximum Gasteiger partial charge on any atom is 0.306 e. The lowest BCUT2D eigenvalue weighted by Crippen LogP contribution is -2.18. The molecule has 0 aliphatic carbocycles. The minimum absolute atomic E-state index is 0.0875. The lowest BCUT2D eigenvalue weighted by Gasteiger charge is -2.15. The van der Waals surface area contributed by atoms with Crippen LogP contribution in [0.25, 0.3) is 0 Å². The fraction of sp³-hybridized carbons (Fsp3) is 0.500. The Bertz CT molecular complexity index is 394. The van der Waals surface area contributed by atoms with E-state index in [4.69, 9.17) is 9.47 Å². The zero-order valence-electron chi connectivity index (χ0n) is 12.1. The highest BCUT2D eigenvalue weighted by Gasteiger charge is 2.19. The molecule has 0 unspecified atom stereocenters. The Morgan fingerprint density at radius 3 is 1.90 bits per heavy atom. The Morgan fingerprint density at radius 2 is 1.45 bits per heavy atom. The van der Waals surface area contributed by atoms with Crippen molar-refractivity contribution in [1.82, 2.24) is 0 Å². The number of benzene rings is 1. The van der Waals surface area contributed by atoms with Crippen molar-refractivity contribution < 1.29 is 19.1 Å². The third kappa shape index (κ3) is 6.36. The number of carbonyl (C=O) groups excluding carboxylic acids is 2. The van der Waals surface area contributed by atoms with Gasteiger partial charge in [0.05, 0.1) is 13.2 Å². The van der Waals surface area contributed by atoms with Crippen LogP contribution in [0.15, 0.2) is 30.3 Å². The van der Waals surface area contributed by atoms with Crippen LogP contribution >= 0.6 is 0 Å². The number of hydrogen-bond donors (Lipinski definition) is 0. The van der Waals surface area contributed by atoms with E-state index in [0.29, 0.717) is 19.6 Å². The first-order valence-electron chi connectivity index (χ1n) is 7.00. The summed E-state index contributed by atoms with van der Waals surface area (Å²) in [5, 5.41) is 0. The summed E-state index contributed by atoms with van der Waals surface area (Å²) in [6.45, 7) is 4.26. The highest BCUT2D eigenvalue weighted by atomic mass is 16.5. The van der Waals surface area contributed by atoms with Gasteiger partial charge in [-0.1, -0.05) is 30.3 Å². The van der Waals surface area contributed by atoms with E-state index in [1.807, 2.05) is 30.3 Å². The molecule has 0 amide bonds. The van der Waals surface area contributed by atoms with Crippen molar-refractivity contribution in [2.45, 2.75) is 33.1 Å². The predicted molar refractivity (Wildman–Crippen MR) is 76.1 cm³/mol. The van der Waals surface area contributed by atoms with E-state index in [2.05, 4.69) is 0 Å². The summed E-state index contributed by atoms with van der Waals surface area (Å²) in [7, 11) is 0. The Balaban J connectivity index is 2.63. The fourth-order valence-corrected chi connectivity index (χ4v) is 2.08. The summed E-state index contributed by atoms with van der Waals surface area (Å²) in [4.78, 5) is 23.2. The van der Waals surface area contributed by atoms with Gasteiger partial charge in [-0.2, -0.15) is 0 Å². The first-order valence-corrected chi connectivity index (χ1v) is 7.00. The smallest absolute Gasteiger partial charge is 0.306 e. The van der Waals surface area contributed by atoms with Crippen molar-refractivity contribution in [3.05, 3.63) is 35.9 Å². The zero-order valence-corrected chi connectivity index (χ0v) is 12.1. The van der Waals surface area contributed by atoms with E-state index in [0.717, 1.165) is 5.56 Å². The molecule has 0 heterocycles. The summed E-state index contributed by atoms with van der Waals surface area (Å²) >= 11 is 0. The van der Waals surface area contributed by atoms with E-state index in [1.54, 1.807) is 13.8 Å². The van der Waals surface area contributed by atoms with Gasteiger partial charge in [-0.05, 0) is 31.7 Å². The second-order valence-corrected chi connectivity index (χ2v) is 4.57. The Hall–Kier alpha value is -1.84. The fourth-order valence-electron chi connectivity index (χ4n) is 2.08. The molecule has 0 spiro atoms. The average molecular weight is 278 g/mol. The normalized spacial score (nSPS) is 10.3. The number of hydrogen-bond acceptors (Lipinski definition) is 4. The van der Waals surface area contributed by atoms with Crippen LogP contribution in [0.1, 0.15) is 32.3 Å². The van der Waals surface area contributed by atoms with Gasteiger partial charge < -0.3 is 9.47 Å². The maximum atomic E-state index is 11.6. The summed E-state index contributed by atoms with van der Waals surface area (Å²) in [6, 6.07) is 9.81. The van der Waals surface area contributed by atoms with Gasteiger partial charge in [0.2, 0.25) is 0 Å². The van der Waals surface area contributed by atoms with Gasteiger partial charge >= 0.3 is 11.9 Å². The maximum absolute atomic E-state index is 11.6. The van der Waals surface area contributed by atoms with Gasteiger partial charge in [-0.25, -0.2) is 0 Å². The molecule has 0 radical (unpaired) electrons. The minimum atomic E-state index is -0.266. The number of esters is 2. The van der Waals surface area contributed by atoms with Crippen LogP contribution < -0.4 is 0 Å². The second-order valence-electron chi connectivity index (χ2n) is 4.57. The molecule has 20 heavy (non-hydrogen) atoms. The van der Waals surface area contributed by atoms with Gasteiger partial charge in [-0.3, -0.25) is 9.59 Å². The van der Waals surface area contributed by atoms with E-state index in [-0.39, 0.29) is 30.7 Å². The van der Waals surface area contributed by atoms with Crippen LogP contribution in [-0.4, -0.2) is 25.2 Å². The van der Waals surface area contributed by atoms with Crippen LogP contribution in [0.3, 0.4) is 0 Å². The lowest BCUT2D eigenvalue weighted by atomic mass is 9.93. The molecule has 4 heteroatoms. The van der Waals surface area contributed by atoms with Gasteiger partial charge in [0.1, 0.15) is 0 Å². The van der Waals surface area contributed by atoms with Crippen molar-refractivity contribution in [3.63, 3.8) is 0 Å². The molecule has 0 aromatic heterocycles. The summed E-state index contributed by atoms with van der Waals surface area (Å²) in [5.74, 6) is -0.619. The molecule has 1 rings (SSSR count). The molecule has 0 atom stereocenters. The Kier molecular flexibility index (Phi) is 7.40. The molecule has 4 nitrogen and oxygen atoms in total. The van der Waals surface area contributed by atoms with Crippen LogP contribution in [-0.2, 0) is 25.5 Å². The number of carbonyl (C=O) groups is 2. The van der Waals surface area contributed by atoms with Crippen LogP contribution in [0.4, 0.5) is 0 Å². The molecule has 1 aromatic carbocycles. The van der Waals surface area contributed by atoms with Gasteiger partial charge in [0.15, 0.2) is 0 Å². The summed E-state index contributed by atoms with van der Waals surface area (Å²) in [6.07, 6.45) is 1.14. The van der Waals surface area contributed by atoms with Crippen molar-refractivity contribution in [1.29, 1.82) is 0 Å². The Labute approximate surface area is 120 Å². The third-order valence-electron chi connectivity index (χ3n) is 2.89. The van der Waals surface area contributed by atoms with E-state index < -0.39 is 0 Å². The van der Waals surface area contributed by atoms with Crippen molar-refractivity contribution in [2.75, 3.05) is 13.2 Å². The molecule has 0 saturated carbocycles. The monoisotopic (exact) mass is 278 g/mol. The summed E-state index contributed by atoms with van der Waals surface area (Å²) < 4.78 is 9.92. The van der Waals surface area contributed by atoms with Crippen LogP contribution in [0.5, 0.6) is 0 Å². The van der Waals surface area contributed by atoms with Crippen molar-refractivity contribution >= 4 is 11.9 Å². The minimum Gasteiger partial charge on any atom is -0.466 e. The Morgan fingerprint density at radius 1 is 0.950 bits per heavy atom. The molecule has 110 valence electrons. The zero-order chi connectivity index (χ0) is 14.8. The quantitative estimate of drug-likeness (QED) is 0.686. The standard InChI is InChI=1S/C16H22O4/c1-3-19-15(17)11-14(12-16(18)20-4-2)10-13-8-6-5-7-9-13/h5-9,14H,3-4,10-12H2,1-2H3. The molecular weight excluding hydrogens is 256 g/mol. The predicted octanol–water partition coefficient (Wildman–Crippen LogP) is 2.75. The van der Waals surface area contributed by atoms with Gasteiger partial charge in [0.25, 0.3) is 0 Å². The molecule has 0 N–H and O–H groups in total. The molecule has 0 fully saturated rings. The van der Waals surface area contributed by atoms with Gasteiger partial charge in [0, 0.05) is 12.8 Å². The second kappa shape index (κ2) is 9.13. The van der Waals surface area contributed by atoms with E-state index in [9.17, 15) is 9.59 Å². The highest BCUT2D eigenvalue weighted by molar-refractivity contribution is 5.73. The molecule has 0 bridgehead atoms. The third-order valence-corrected chi connectivity index (χ3v) is 2.89.